The van der Waals surface area contributed by atoms with E-state index in [-0.39, 0.29) is 12.5 Å². The number of hydrogen-bond donors (Lipinski definition) is 3. The molecule has 1 aromatic carbocycles. The van der Waals surface area contributed by atoms with Crippen LogP contribution in [0.15, 0.2) is 30.3 Å². The maximum Gasteiger partial charge on any atom is 0.267 e. The molecule has 2 rings (SSSR count). The number of aromatic nitrogens is 1. The number of aliphatic hydroxyl groups is 1. The lowest BCUT2D eigenvalue weighted by atomic mass is 10.2. The first-order valence-electron chi connectivity index (χ1n) is 6.36. The van der Waals surface area contributed by atoms with Crippen molar-refractivity contribution in [1.82, 2.24) is 10.3 Å². The molecule has 0 bridgehead atoms. The monoisotopic (exact) mass is 278 g/mol. The summed E-state index contributed by atoms with van der Waals surface area (Å²) in [7, 11) is 0. The van der Waals surface area contributed by atoms with Crippen molar-refractivity contribution in [2.75, 3.05) is 24.7 Å². The van der Waals surface area contributed by atoms with Crippen molar-refractivity contribution in [3.05, 3.63) is 36.0 Å². The smallest absolute Gasteiger partial charge is 0.267 e. The molecule has 1 aromatic heterocycles. The summed E-state index contributed by atoms with van der Waals surface area (Å²) in [4.78, 5) is 15.0. The summed E-state index contributed by atoms with van der Waals surface area (Å²) in [6, 6.07) is 9.70. The third-order valence-electron chi connectivity index (χ3n) is 2.75. The second kappa shape index (κ2) is 7.21. The number of carbonyl (C=O) groups is 1. The van der Waals surface area contributed by atoms with E-state index in [1.807, 2.05) is 30.3 Å². The van der Waals surface area contributed by atoms with Crippen LogP contribution in [0, 0.1) is 0 Å². The Morgan fingerprint density at radius 2 is 2.16 bits per heavy atom. The molecule has 0 fully saturated rings. The van der Waals surface area contributed by atoms with Crippen LogP contribution in [0.2, 0.25) is 0 Å². The summed E-state index contributed by atoms with van der Waals surface area (Å²) < 4.78 is 0. The summed E-state index contributed by atoms with van der Waals surface area (Å²) in [5.74, 6) is 1.73. The number of thioether (sulfide) groups is 1. The predicted octanol–water partition coefficient (Wildman–Crippen LogP) is 2.01. The van der Waals surface area contributed by atoms with Crippen molar-refractivity contribution in [3.8, 4) is 0 Å². The highest BCUT2D eigenvalue weighted by molar-refractivity contribution is 7.99. The van der Waals surface area contributed by atoms with Crippen LogP contribution in [0.4, 0.5) is 0 Å². The highest BCUT2D eigenvalue weighted by Crippen LogP contribution is 2.14. The van der Waals surface area contributed by atoms with E-state index in [1.54, 1.807) is 11.8 Å². The molecule has 1 heterocycles. The van der Waals surface area contributed by atoms with Crippen LogP contribution >= 0.6 is 11.8 Å². The minimum Gasteiger partial charge on any atom is -0.396 e. The Kier molecular flexibility index (Phi) is 5.30. The molecule has 0 saturated carbocycles. The summed E-state index contributed by atoms with van der Waals surface area (Å²) in [6.07, 6.45) is 0.806. The number of carbonyl (C=O) groups excluding carboxylic acids is 1. The molecule has 0 spiro atoms. The molecule has 1 amide bonds. The first kappa shape index (κ1) is 14.0. The highest BCUT2D eigenvalue weighted by atomic mass is 32.2. The zero-order chi connectivity index (χ0) is 13.5. The quantitative estimate of drug-likeness (QED) is 0.679. The lowest BCUT2D eigenvalue weighted by molar-refractivity contribution is 0.0952. The van der Waals surface area contributed by atoms with Gasteiger partial charge in [0.05, 0.1) is 0 Å². The molecule has 0 atom stereocenters. The van der Waals surface area contributed by atoms with Crippen molar-refractivity contribution >= 4 is 28.6 Å². The zero-order valence-corrected chi connectivity index (χ0v) is 11.5. The van der Waals surface area contributed by atoms with Crippen molar-refractivity contribution in [2.24, 2.45) is 0 Å². The molecular formula is C14H18N2O2S. The Morgan fingerprint density at radius 3 is 2.95 bits per heavy atom. The van der Waals surface area contributed by atoms with E-state index >= 15 is 0 Å². The fraction of sp³-hybridized carbons (Fsp3) is 0.357. The Hall–Kier alpha value is -1.46. The molecule has 0 saturated heterocycles. The van der Waals surface area contributed by atoms with Gasteiger partial charge < -0.3 is 15.4 Å². The van der Waals surface area contributed by atoms with E-state index in [2.05, 4.69) is 10.3 Å². The third kappa shape index (κ3) is 4.01. The second-order valence-corrected chi connectivity index (χ2v) is 5.44. The van der Waals surface area contributed by atoms with Gasteiger partial charge in [-0.25, -0.2) is 0 Å². The normalized spacial score (nSPS) is 10.8. The maximum absolute atomic E-state index is 11.9. The molecule has 0 unspecified atom stereocenters. The Balaban J connectivity index is 1.79. The maximum atomic E-state index is 11.9. The second-order valence-electron chi connectivity index (χ2n) is 4.22. The molecule has 0 radical (unpaired) electrons. The predicted molar refractivity (Wildman–Crippen MR) is 79.7 cm³/mol. The summed E-state index contributed by atoms with van der Waals surface area (Å²) >= 11 is 1.74. The van der Waals surface area contributed by atoms with Crippen LogP contribution in [-0.2, 0) is 0 Å². The molecule has 19 heavy (non-hydrogen) atoms. The Bertz CT molecular complexity index is 506. The van der Waals surface area contributed by atoms with E-state index in [0.29, 0.717) is 12.2 Å². The highest BCUT2D eigenvalue weighted by Gasteiger charge is 2.08. The number of amides is 1. The molecule has 3 N–H and O–H groups in total. The van der Waals surface area contributed by atoms with E-state index in [4.69, 9.17) is 5.11 Å². The molecule has 2 aromatic rings. The minimum absolute atomic E-state index is 0.0704. The van der Waals surface area contributed by atoms with E-state index in [9.17, 15) is 4.79 Å². The van der Waals surface area contributed by atoms with Gasteiger partial charge in [0.1, 0.15) is 5.69 Å². The topological polar surface area (TPSA) is 65.1 Å². The lowest BCUT2D eigenvalue weighted by Gasteiger charge is -2.03. The third-order valence-corrected chi connectivity index (χ3v) is 3.82. The first-order valence-corrected chi connectivity index (χ1v) is 7.51. The summed E-state index contributed by atoms with van der Waals surface area (Å²) in [5, 5.41) is 12.6. The summed E-state index contributed by atoms with van der Waals surface area (Å²) in [5.41, 5.74) is 1.58. The number of rotatable bonds is 7. The van der Waals surface area contributed by atoms with Crippen LogP contribution in [0.1, 0.15) is 16.9 Å². The van der Waals surface area contributed by atoms with Crippen LogP contribution in [0.3, 0.4) is 0 Å². The number of aliphatic hydroxyl groups excluding tert-OH is 1. The van der Waals surface area contributed by atoms with Crippen molar-refractivity contribution < 1.29 is 9.90 Å². The molecule has 0 aliphatic carbocycles. The average molecular weight is 278 g/mol. The average Bonchev–Trinajstić information content (AvgIpc) is 2.86. The lowest BCUT2D eigenvalue weighted by Crippen LogP contribution is -2.26. The fourth-order valence-corrected chi connectivity index (χ4v) is 2.58. The van der Waals surface area contributed by atoms with Crippen LogP contribution in [0.25, 0.3) is 10.9 Å². The van der Waals surface area contributed by atoms with Gasteiger partial charge in [0.2, 0.25) is 0 Å². The van der Waals surface area contributed by atoms with Gasteiger partial charge in [-0.1, -0.05) is 18.2 Å². The molecular weight excluding hydrogens is 260 g/mol. The largest absolute Gasteiger partial charge is 0.396 e. The van der Waals surface area contributed by atoms with Gasteiger partial charge in [-0.3, -0.25) is 4.79 Å². The van der Waals surface area contributed by atoms with Gasteiger partial charge >= 0.3 is 0 Å². The van der Waals surface area contributed by atoms with Gasteiger partial charge in [-0.05, 0) is 24.3 Å². The number of benzene rings is 1. The van der Waals surface area contributed by atoms with Crippen LogP contribution in [0.5, 0.6) is 0 Å². The number of H-pyrrole nitrogens is 1. The first-order chi connectivity index (χ1) is 9.31. The zero-order valence-electron chi connectivity index (χ0n) is 10.7. The number of aromatic amines is 1. The van der Waals surface area contributed by atoms with Crippen LogP contribution < -0.4 is 5.32 Å². The standard InChI is InChI=1S/C14H18N2O2S/c17-7-3-8-19-9-6-15-14(18)13-10-11-4-1-2-5-12(11)16-13/h1-2,4-5,10,16-17H,3,6-9H2,(H,15,18). The Morgan fingerprint density at radius 1 is 1.32 bits per heavy atom. The van der Waals surface area contributed by atoms with E-state index in [0.717, 1.165) is 28.8 Å². The van der Waals surface area contributed by atoms with Crippen molar-refractivity contribution in [3.63, 3.8) is 0 Å². The van der Waals surface area contributed by atoms with Crippen molar-refractivity contribution in [1.29, 1.82) is 0 Å². The number of hydrogen-bond acceptors (Lipinski definition) is 3. The van der Waals surface area contributed by atoms with E-state index in [1.165, 1.54) is 0 Å². The fourth-order valence-electron chi connectivity index (χ4n) is 1.80. The molecule has 4 nitrogen and oxygen atoms in total. The molecule has 102 valence electrons. The molecule has 0 aliphatic heterocycles. The van der Waals surface area contributed by atoms with E-state index < -0.39 is 0 Å². The van der Waals surface area contributed by atoms with Gasteiger partial charge in [0.15, 0.2) is 0 Å². The number of nitrogens with one attached hydrogen (secondary N) is 2. The summed E-state index contributed by atoms with van der Waals surface area (Å²) in [6.45, 7) is 0.874. The SMILES string of the molecule is O=C(NCCSCCCO)c1cc2ccccc2[nH]1. The number of fused-ring (bicyclic) bond motifs is 1. The van der Waals surface area contributed by atoms with Gasteiger partial charge in [-0.15, -0.1) is 0 Å². The minimum atomic E-state index is -0.0704. The van der Waals surface area contributed by atoms with Gasteiger partial charge in [-0.2, -0.15) is 11.8 Å². The van der Waals surface area contributed by atoms with Crippen LogP contribution in [-0.4, -0.2) is 40.7 Å². The number of para-hydroxylation sites is 1. The van der Waals surface area contributed by atoms with Gasteiger partial charge in [0, 0.05) is 29.8 Å². The molecule has 5 heteroatoms. The molecule has 0 aliphatic rings. The van der Waals surface area contributed by atoms with Gasteiger partial charge in [0.25, 0.3) is 5.91 Å². The Labute approximate surface area is 116 Å². The van der Waals surface area contributed by atoms with Crippen molar-refractivity contribution in [2.45, 2.75) is 6.42 Å².